The Bertz CT molecular complexity index is 595. The number of hydrogen-bond donors (Lipinski definition) is 1. The van der Waals surface area contributed by atoms with Crippen molar-refractivity contribution in [2.45, 2.75) is 32.7 Å². The highest BCUT2D eigenvalue weighted by atomic mass is 16.5. The lowest BCUT2D eigenvalue weighted by Crippen LogP contribution is -2.32. The van der Waals surface area contributed by atoms with Crippen LogP contribution in [0.15, 0.2) is 54.6 Å². The fraction of sp³-hybridized carbons (Fsp3) is 0.316. The summed E-state index contributed by atoms with van der Waals surface area (Å²) in [6.45, 7) is 4.60. The molecule has 0 saturated heterocycles. The van der Waals surface area contributed by atoms with E-state index in [2.05, 4.69) is 17.4 Å². The van der Waals surface area contributed by atoms with E-state index in [9.17, 15) is 4.79 Å². The van der Waals surface area contributed by atoms with E-state index < -0.39 is 0 Å². The molecule has 0 fully saturated rings. The Morgan fingerprint density at radius 1 is 1.09 bits per heavy atom. The average Bonchev–Trinajstić information content (AvgIpc) is 2.56. The zero-order valence-corrected chi connectivity index (χ0v) is 13.2. The molecule has 1 atom stereocenters. The van der Waals surface area contributed by atoms with Gasteiger partial charge in [-0.05, 0) is 31.0 Å². The van der Waals surface area contributed by atoms with E-state index in [1.54, 1.807) is 6.07 Å². The third kappa shape index (κ3) is 4.62. The van der Waals surface area contributed by atoms with E-state index in [4.69, 9.17) is 4.74 Å². The predicted octanol–water partition coefficient (Wildman–Crippen LogP) is 3.84. The quantitative estimate of drug-likeness (QED) is 0.843. The van der Waals surface area contributed by atoms with Crippen molar-refractivity contribution in [3.8, 4) is 5.75 Å². The molecule has 0 heterocycles. The second-order valence-electron chi connectivity index (χ2n) is 5.36. The van der Waals surface area contributed by atoms with Crippen molar-refractivity contribution >= 4 is 5.91 Å². The van der Waals surface area contributed by atoms with Crippen LogP contribution in [0.1, 0.15) is 36.2 Å². The van der Waals surface area contributed by atoms with Gasteiger partial charge in [-0.1, -0.05) is 49.4 Å². The third-order valence-electron chi connectivity index (χ3n) is 3.61. The van der Waals surface area contributed by atoms with Crippen LogP contribution in [0.4, 0.5) is 0 Å². The van der Waals surface area contributed by atoms with Gasteiger partial charge in [-0.2, -0.15) is 0 Å². The standard InChI is InChI=1S/C19H23NO2/c1-3-15(2)20-19(21)17-11-7-8-12-18(17)22-14-13-16-9-5-4-6-10-16/h4-12,15H,3,13-14H2,1-2H3,(H,20,21). The highest BCUT2D eigenvalue weighted by molar-refractivity contribution is 5.97. The summed E-state index contributed by atoms with van der Waals surface area (Å²) in [6, 6.07) is 17.7. The van der Waals surface area contributed by atoms with Crippen LogP contribution in [-0.4, -0.2) is 18.6 Å². The first-order valence-corrected chi connectivity index (χ1v) is 7.77. The van der Waals surface area contributed by atoms with Crippen LogP contribution in [0, 0.1) is 0 Å². The molecule has 0 spiro atoms. The summed E-state index contributed by atoms with van der Waals surface area (Å²) in [5, 5.41) is 2.98. The summed E-state index contributed by atoms with van der Waals surface area (Å²) >= 11 is 0. The van der Waals surface area contributed by atoms with Gasteiger partial charge in [-0.3, -0.25) is 4.79 Å². The van der Waals surface area contributed by atoms with Crippen LogP contribution in [0.2, 0.25) is 0 Å². The maximum atomic E-state index is 12.3. The lowest BCUT2D eigenvalue weighted by Gasteiger charge is -2.14. The number of carbonyl (C=O) groups is 1. The van der Waals surface area contributed by atoms with Gasteiger partial charge in [-0.15, -0.1) is 0 Å². The molecule has 116 valence electrons. The number of para-hydroxylation sites is 1. The Kier molecular flexibility index (Phi) is 6.01. The first kappa shape index (κ1) is 16.1. The van der Waals surface area contributed by atoms with Gasteiger partial charge >= 0.3 is 0 Å². The summed E-state index contributed by atoms with van der Waals surface area (Å²) in [4.78, 5) is 12.3. The maximum Gasteiger partial charge on any atom is 0.255 e. The van der Waals surface area contributed by atoms with Crippen molar-refractivity contribution in [1.82, 2.24) is 5.32 Å². The fourth-order valence-electron chi connectivity index (χ4n) is 2.11. The van der Waals surface area contributed by atoms with Crippen molar-refractivity contribution in [3.63, 3.8) is 0 Å². The highest BCUT2D eigenvalue weighted by Crippen LogP contribution is 2.18. The van der Waals surface area contributed by atoms with E-state index >= 15 is 0 Å². The molecule has 3 nitrogen and oxygen atoms in total. The Labute approximate surface area is 132 Å². The molecule has 2 rings (SSSR count). The largest absolute Gasteiger partial charge is 0.492 e. The maximum absolute atomic E-state index is 12.3. The van der Waals surface area contributed by atoms with Crippen molar-refractivity contribution in [3.05, 3.63) is 65.7 Å². The first-order chi connectivity index (χ1) is 10.7. The molecule has 0 aromatic heterocycles. The summed E-state index contributed by atoms with van der Waals surface area (Å²) in [6.07, 6.45) is 1.73. The van der Waals surface area contributed by atoms with Crippen LogP contribution in [-0.2, 0) is 6.42 Å². The van der Waals surface area contributed by atoms with Gasteiger partial charge in [0.2, 0.25) is 0 Å². The topological polar surface area (TPSA) is 38.3 Å². The first-order valence-electron chi connectivity index (χ1n) is 7.77. The molecule has 0 radical (unpaired) electrons. The molecule has 1 amide bonds. The Balaban J connectivity index is 1.97. The Hall–Kier alpha value is -2.29. The van der Waals surface area contributed by atoms with Gasteiger partial charge in [-0.25, -0.2) is 0 Å². The molecule has 2 aromatic rings. The van der Waals surface area contributed by atoms with Gasteiger partial charge in [0.05, 0.1) is 12.2 Å². The van der Waals surface area contributed by atoms with Crippen molar-refractivity contribution in [1.29, 1.82) is 0 Å². The van der Waals surface area contributed by atoms with Gasteiger partial charge in [0.15, 0.2) is 0 Å². The van der Waals surface area contributed by atoms with E-state index in [0.717, 1.165) is 12.8 Å². The summed E-state index contributed by atoms with van der Waals surface area (Å²) < 4.78 is 5.82. The smallest absolute Gasteiger partial charge is 0.255 e. The van der Waals surface area contributed by atoms with Gasteiger partial charge in [0.1, 0.15) is 5.75 Å². The molecule has 0 aliphatic carbocycles. The molecular formula is C19H23NO2. The molecule has 0 aliphatic rings. The van der Waals surface area contributed by atoms with Crippen LogP contribution in [0.25, 0.3) is 0 Å². The third-order valence-corrected chi connectivity index (χ3v) is 3.61. The van der Waals surface area contributed by atoms with Crippen molar-refractivity contribution in [2.24, 2.45) is 0 Å². The molecular weight excluding hydrogens is 274 g/mol. The predicted molar refractivity (Wildman–Crippen MR) is 89.3 cm³/mol. The zero-order valence-electron chi connectivity index (χ0n) is 13.2. The number of carbonyl (C=O) groups excluding carboxylic acids is 1. The van der Waals surface area contributed by atoms with E-state index in [0.29, 0.717) is 17.9 Å². The molecule has 22 heavy (non-hydrogen) atoms. The van der Waals surface area contributed by atoms with E-state index in [1.165, 1.54) is 5.56 Å². The van der Waals surface area contributed by atoms with Crippen molar-refractivity contribution in [2.75, 3.05) is 6.61 Å². The zero-order chi connectivity index (χ0) is 15.8. The van der Waals surface area contributed by atoms with Crippen molar-refractivity contribution < 1.29 is 9.53 Å². The minimum atomic E-state index is -0.0790. The summed E-state index contributed by atoms with van der Waals surface area (Å²) in [5.74, 6) is 0.559. The van der Waals surface area contributed by atoms with Gasteiger partial charge in [0.25, 0.3) is 5.91 Å². The molecule has 1 N–H and O–H groups in total. The SMILES string of the molecule is CCC(C)NC(=O)c1ccccc1OCCc1ccccc1. The van der Waals surface area contributed by atoms with Gasteiger partial charge in [0, 0.05) is 12.5 Å². The number of benzene rings is 2. The average molecular weight is 297 g/mol. The van der Waals surface area contributed by atoms with Crippen LogP contribution in [0.3, 0.4) is 0 Å². The Morgan fingerprint density at radius 2 is 1.77 bits per heavy atom. The molecule has 3 heteroatoms. The normalized spacial score (nSPS) is 11.7. The molecule has 0 saturated carbocycles. The van der Waals surface area contributed by atoms with Crippen LogP contribution in [0.5, 0.6) is 5.75 Å². The molecule has 2 aromatic carbocycles. The highest BCUT2D eigenvalue weighted by Gasteiger charge is 2.13. The number of ether oxygens (including phenoxy) is 1. The van der Waals surface area contributed by atoms with Crippen LogP contribution >= 0.6 is 0 Å². The number of nitrogens with one attached hydrogen (secondary N) is 1. The second kappa shape index (κ2) is 8.23. The monoisotopic (exact) mass is 297 g/mol. The summed E-state index contributed by atoms with van der Waals surface area (Å²) in [5.41, 5.74) is 1.82. The fourth-order valence-corrected chi connectivity index (χ4v) is 2.11. The van der Waals surface area contributed by atoms with E-state index in [1.807, 2.05) is 50.2 Å². The Morgan fingerprint density at radius 3 is 2.50 bits per heavy atom. The number of amides is 1. The molecule has 0 aliphatic heterocycles. The lowest BCUT2D eigenvalue weighted by atomic mass is 10.1. The van der Waals surface area contributed by atoms with Gasteiger partial charge < -0.3 is 10.1 Å². The number of rotatable bonds is 7. The van der Waals surface area contributed by atoms with E-state index in [-0.39, 0.29) is 11.9 Å². The van der Waals surface area contributed by atoms with Crippen LogP contribution < -0.4 is 10.1 Å². The molecule has 0 bridgehead atoms. The lowest BCUT2D eigenvalue weighted by molar-refractivity contribution is 0.0935. The second-order valence-corrected chi connectivity index (χ2v) is 5.36. The minimum Gasteiger partial charge on any atom is -0.492 e. The number of hydrogen-bond acceptors (Lipinski definition) is 2. The minimum absolute atomic E-state index is 0.0790. The molecule has 1 unspecified atom stereocenters. The summed E-state index contributed by atoms with van der Waals surface area (Å²) in [7, 11) is 0.